The number of carbonyl (C=O) groups excluding carboxylic acids is 1. The normalized spacial score (nSPS) is 11.9. The van der Waals surface area contributed by atoms with Gasteiger partial charge in [-0.25, -0.2) is 4.98 Å². The number of hydrogen-bond acceptors (Lipinski definition) is 5. The van der Waals surface area contributed by atoms with Crippen LogP contribution in [0.5, 0.6) is 5.75 Å². The largest absolute Gasteiger partial charge is 0.497 e. The first-order chi connectivity index (χ1) is 12.6. The van der Waals surface area contributed by atoms with Crippen molar-refractivity contribution in [1.82, 2.24) is 19.4 Å². The number of fused-ring (bicyclic) bond motifs is 3. The second-order valence-electron chi connectivity index (χ2n) is 7.48. The summed E-state index contributed by atoms with van der Waals surface area (Å²) in [6, 6.07) is 5.65. The van der Waals surface area contributed by atoms with E-state index >= 15 is 0 Å². The number of benzene rings is 1. The number of nitrogens with one attached hydrogen (secondary N) is 1. The fraction of sp³-hybridized carbons (Fsp3) is 0.421. The predicted molar refractivity (Wildman–Crippen MR) is 109 cm³/mol. The van der Waals surface area contributed by atoms with Gasteiger partial charge in [-0.05, 0) is 39.0 Å². The summed E-state index contributed by atoms with van der Waals surface area (Å²) in [6.45, 7) is 5.79. The van der Waals surface area contributed by atoms with Crippen LogP contribution in [-0.2, 0) is 18.9 Å². The number of hydrogen-bond donors (Lipinski definition) is 1. The van der Waals surface area contributed by atoms with Gasteiger partial charge >= 0.3 is 0 Å². The van der Waals surface area contributed by atoms with Crippen molar-refractivity contribution in [2.24, 2.45) is 14.1 Å². The van der Waals surface area contributed by atoms with Crippen LogP contribution in [-0.4, -0.2) is 38.4 Å². The first-order valence-electron chi connectivity index (χ1n) is 8.59. The van der Waals surface area contributed by atoms with Crippen LogP contribution in [0.3, 0.4) is 0 Å². The minimum atomic E-state index is -0.299. The monoisotopic (exact) mass is 388 g/mol. The molecular weight excluding hydrogens is 364 g/mol. The maximum absolute atomic E-state index is 12.9. The van der Waals surface area contributed by atoms with Gasteiger partial charge in [0.25, 0.3) is 5.56 Å². The Morgan fingerprint density at radius 3 is 2.59 bits per heavy atom. The average Bonchev–Trinajstić information content (AvgIpc) is 2.87. The van der Waals surface area contributed by atoms with Crippen LogP contribution >= 0.6 is 11.8 Å². The van der Waals surface area contributed by atoms with Crippen molar-refractivity contribution in [1.29, 1.82) is 0 Å². The Balaban J connectivity index is 2.07. The highest BCUT2D eigenvalue weighted by atomic mass is 32.2. The summed E-state index contributed by atoms with van der Waals surface area (Å²) in [5.41, 5.74) is 1.62. The van der Waals surface area contributed by atoms with Gasteiger partial charge in [0.2, 0.25) is 5.91 Å². The number of nitrogens with zero attached hydrogens (tertiary/aromatic N) is 3. The van der Waals surface area contributed by atoms with Crippen molar-refractivity contribution in [2.75, 3.05) is 12.9 Å². The van der Waals surface area contributed by atoms with Crippen LogP contribution in [0.4, 0.5) is 0 Å². The van der Waals surface area contributed by atoms with E-state index < -0.39 is 0 Å². The molecule has 0 aliphatic rings. The highest BCUT2D eigenvalue weighted by molar-refractivity contribution is 7.99. The molecule has 2 heterocycles. The number of ether oxygens (including phenoxy) is 1. The zero-order valence-electron chi connectivity index (χ0n) is 16.4. The van der Waals surface area contributed by atoms with E-state index in [1.807, 2.05) is 50.6 Å². The van der Waals surface area contributed by atoms with Crippen molar-refractivity contribution >= 4 is 39.6 Å². The molecule has 27 heavy (non-hydrogen) atoms. The molecule has 0 spiro atoms. The minimum absolute atomic E-state index is 0.0959. The third-order valence-electron chi connectivity index (χ3n) is 4.23. The van der Waals surface area contributed by atoms with Gasteiger partial charge in [-0.15, -0.1) is 0 Å². The van der Waals surface area contributed by atoms with Gasteiger partial charge in [-0.1, -0.05) is 11.8 Å². The molecule has 7 nitrogen and oxygen atoms in total. The Morgan fingerprint density at radius 1 is 1.26 bits per heavy atom. The zero-order chi connectivity index (χ0) is 19.9. The van der Waals surface area contributed by atoms with Gasteiger partial charge in [-0.2, -0.15) is 0 Å². The molecule has 0 radical (unpaired) electrons. The van der Waals surface area contributed by atoms with Crippen molar-refractivity contribution in [3.63, 3.8) is 0 Å². The highest BCUT2D eigenvalue weighted by Gasteiger charge is 2.19. The number of thioether (sulfide) groups is 1. The number of aromatic nitrogens is 3. The van der Waals surface area contributed by atoms with Gasteiger partial charge in [0.15, 0.2) is 5.16 Å². The van der Waals surface area contributed by atoms with Crippen LogP contribution in [0, 0.1) is 0 Å². The summed E-state index contributed by atoms with van der Waals surface area (Å²) in [5.74, 6) is 0.801. The Hall–Kier alpha value is -2.48. The van der Waals surface area contributed by atoms with E-state index in [-0.39, 0.29) is 22.8 Å². The number of rotatable bonds is 4. The van der Waals surface area contributed by atoms with Gasteiger partial charge < -0.3 is 14.6 Å². The standard InChI is InChI=1S/C19H24N4O3S/c1-19(2,3)21-14(24)10-27-18-20-15-12-9-11(26-6)7-8-13(12)22(4)16(15)17(25)23(18)5/h7-9H,10H2,1-6H3,(H,21,24). The molecule has 0 saturated heterocycles. The molecule has 8 heteroatoms. The molecule has 1 amide bonds. The molecule has 2 aromatic heterocycles. The van der Waals surface area contributed by atoms with E-state index in [0.717, 1.165) is 10.9 Å². The minimum Gasteiger partial charge on any atom is -0.497 e. The van der Waals surface area contributed by atoms with Crippen molar-refractivity contribution < 1.29 is 9.53 Å². The van der Waals surface area contributed by atoms with Crippen molar-refractivity contribution in [3.05, 3.63) is 28.6 Å². The maximum Gasteiger partial charge on any atom is 0.278 e. The highest BCUT2D eigenvalue weighted by Crippen LogP contribution is 2.29. The fourth-order valence-electron chi connectivity index (χ4n) is 3.02. The van der Waals surface area contributed by atoms with Gasteiger partial charge in [-0.3, -0.25) is 14.2 Å². The van der Waals surface area contributed by atoms with Gasteiger partial charge in [0, 0.05) is 25.0 Å². The molecule has 0 fully saturated rings. The number of methoxy groups -OCH3 is 1. The fourth-order valence-corrected chi connectivity index (χ4v) is 3.78. The lowest BCUT2D eigenvalue weighted by molar-refractivity contribution is -0.119. The number of carbonyl (C=O) groups is 1. The summed E-state index contributed by atoms with van der Waals surface area (Å²) in [4.78, 5) is 29.7. The SMILES string of the molecule is COc1ccc2c(c1)c1nc(SCC(=O)NC(C)(C)C)n(C)c(=O)c1n2C. The lowest BCUT2D eigenvalue weighted by atomic mass is 10.1. The Labute approximate surface area is 161 Å². The van der Waals surface area contributed by atoms with Crippen LogP contribution < -0.4 is 15.6 Å². The van der Waals surface area contributed by atoms with E-state index in [1.165, 1.54) is 16.3 Å². The van der Waals surface area contributed by atoms with E-state index in [0.29, 0.717) is 21.9 Å². The summed E-state index contributed by atoms with van der Waals surface area (Å²) in [6.07, 6.45) is 0. The molecule has 0 aliphatic carbocycles. The van der Waals surface area contributed by atoms with E-state index in [9.17, 15) is 9.59 Å². The molecule has 144 valence electrons. The molecule has 3 aromatic rings. The molecule has 0 atom stereocenters. The summed E-state index contributed by atoms with van der Waals surface area (Å²) in [7, 11) is 5.13. The average molecular weight is 388 g/mol. The third kappa shape index (κ3) is 3.66. The smallest absolute Gasteiger partial charge is 0.278 e. The predicted octanol–water partition coefficient (Wildman–Crippen LogP) is 2.44. The molecule has 0 aliphatic heterocycles. The number of amides is 1. The zero-order valence-corrected chi connectivity index (χ0v) is 17.2. The van der Waals surface area contributed by atoms with E-state index in [1.54, 1.807) is 14.2 Å². The second kappa shape index (κ2) is 6.92. The molecule has 1 N–H and O–H groups in total. The lowest BCUT2D eigenvalue weighted by Gasteiger charge is -2.20. The molecular formula is C19H24N4O3S. The maximum atomic E-state index is 12.9. The molecule has 3 rings (SSSR count). The third-order valence-corrected chi connectivity index (χ3v) is 5.26. The van der Waals surface area contributed by atoms with E-state index in [2.05, 4.69) is 5.32 Å². The first-order valence-corrected chi connectivity index (χ1v) is 9.58. The summed E-state index contributed by atoms with van der Waals surface area (Å²) in [5, 5.41) is 4.27. The van der Waals surface area contributed by atoms with Crippen LogP contribution in [0.15, 0.2) is 28.2 Å². The van der Waals surface area contributed by atoms with Crippen molar-refractivity contribution in [3.8, 4) is 5.75 Å². The Kier molecular flexibility index (Phi) is 4.94. The quantitative estimate of drug-likeness (QED) is 0.549. The Bertz CT molecular complexity index is 1090. The number of aryl methyl sites for hydroxylation is 1. The summed E-state index contributed by atoms with van der Waals surface area (Å²) >= 11 is 1.25. The molecule has 0 bridgehead atoms. The Morgan fingerprint density at radius 2 is 1.96 bits per heavy atom. The van der Waals surface area contributed by atoms with Gasteiger partial charge in [0.1, 0.15) is 16.8 Å². The molecule has 1 aromatic carbocycles. The van der Waals surface area contributed by atoms with Crippen LogP contribution in [0.1, 0.15) is 20.8 Å². The molecule has 0 unspecified atom stereocenters. The first kappa shape index (κ1) is 19.3. The van der Waals surface area contributed by atoms with Crippen LogP contribution in [0.25, 0.3) is 21.9 Å². The second-order valence-corrected chi connectivity index (χ2v) is 8.43. The van der Waals surface area contributed by atoms with Gasteiger partial charge in [0.05, 0.1) is 18.4 Å². The molecule has 0 saturated carbocycles. The van der Waals surface area contributed by atoms with Crippen molar-refractivity contribution in [2.45, 2.75) is 31.5 Å². The van der Waals surface area contributed by atoms with E-state index in [4.69, 9.17) is 9.72 Å². The van der Waals surface area contributed by atoms with Crippen LogP contribution in [0.2, 0.25) is 0 Å². The lowest BCUT2D eigenvalue weighted by Crippen LogP contribution is -2.41. The topological polar surface area (TPSA) is 78.2 Å². The summed E-state index contributed by atoms with van der Waals surface area (Å²) < 4.78 is 8.65.